The lowest BCUT2D eigenvalue weighted by molar-refractivity contribution is -0.122. The number of benzene rings is 2. The molecule has 1 aliphatic rings. The maximum atomic E-state index is 12.3. The van der Waals surface area contributed by atoms with Crippen molar-refractivity contribution in [2.45, 2.75) is 26.4 Å². The second kappa shape index (κ2) is 7.44. The van der Waals surface area contributed by atoms with Crippen molar-refractivity contribution in [3.63, 3.8) is 0 Å². The van der Waals surface area contributed by atoms with Crippen LogP contribution in [0, 0.1) is 6.92 Å². The van der Waals surface area contributed by atoms with Gasteiger partial charge in [-0.05, 0) is 37.6 Å². The normalized spacial score (nSPS) is 15.4. The summed E-state index contributed by atoms with van der Waals surface area (Å²) < 4.78 is 5.59. The van der Waals surface area contributed by atoms with E-state index in [9.17, 15) is 9.59 Å². The molecule has 1 atom stereocenters. The Morgan fingerprint density at radius 1 is 1.25 bits per heavy atom. The molecule has 2 N–H and O–H groups in total. The van der Waals surface area contributed by atoms with Gasteiger partial charge in [0.1, 0.15) is 5.75 Å². The van der Waals surface area contributed by atoms with E-state index in [0.717, 1.165) is 21.7 Å². The van der Waals surface area contributed by atoms with Gasteiger partial charge in [0.2, 0.25) is 5.91 Å². The summed E-state index contributed by atoms with van der Waals surface area (Å²) in [5.74, 6) is 0.361. The van der Waals surface area contributed by atoms with Crippen LogP contribution in [0.15, 0.2) is 48.5 Å². The number of carbonyl (C=O) groups is 2. The summed E-state index contributed by atoms with van der Waals surface area (Å²) in [6.45, 7) is 3.66. The van der Waals surface area contributed by atoms with Crippen LogP contribution in [-0.4, -0.2) is 22.9 Å². The van der Waals surface area contributed by atoms with Crippen molar-refractivity contribution < 1.29 is 14.3 Å². The molecular weight excluding hydrogens is 374 g/mol. The summed E-state index contributed by atoms with van der Waals surface area (Å²) in [6.07, 6.45) is -0.208. The van der Waals surface area contributed by atoms with E-state index in [0.29, 0.717) is 23.0 Å². The van der Waals surface area contributed by atoms with E-state index in [1.807, 2.05) is 55.5 Å². The van der Waals surface area contributed by atoms with E-state index in [4.69, 9.17) is 4.74 Å². The van der Waals surface area contributed by atoms with E-state index in [2.05, 4.69) is 15.6 Å². The Morgan fingerprint density at radius 3 is 2.82 bits per heavy atom. The first kappa shape index (κ1) is 18.2. The van der Waals surface area contributed by atoms with Gasteiger partial charge in [-0.3, -0.25) is 9.59 Å². The lowest BCUT2D eigenvalue weighted by Gasteiger charge is -2.23. The summed E-state index contributed by atoms with van der Waals surface area (Å²) in [4.78, 5) is 29.7. The molecule has 0 saturated heterocycles. The third-order valence-electron chi connectivity index (χ3n) is 4.43. The van der Waals surface area contributed by atoms with Crippen molar-refractivity contribution in [1.82, 2.24) is 4.98 Å². The van der Waals surface area contributed by atoms with Crippen LogP contribution in [0.2, 0.25) is 0 Å². The standard InChI is InChI=1S/C21H19N3O3S/c1-12-20(26)22-16-11-15(8-9-17(16)27-12)19-13(2)28-21(24-19)23-18(25)10-14-6-4-3-5-7-14/h3-9,11-12H,10H2,1-2H3,(H,22,26)(H,23,24,25). The third-order valence-corrected chi connectivity index (χ3v) is 5.32. The van der Waals surface area contributed by atoms with Gasteiger partial charge in [-0.15, -0.1) is 11.3 Å². The average Bonchev–Trinajstić information content (AvgIpc) is 3.03. The number of fused-ring (bicyclic) bond motifs is 1. The predicted octanol–water partition coefficient (Wildman–Crippen LogP) is 4.02. The molecule has 7 heteroatoms. The van der Waals surface area contributed by atoms with E-state index < -0.39 is 6.10 Å². The van der Waals surface area contributed by atoms with Gasteiger partial charge in [-0.25, -0.2) is 4.98 Å². The number of aromatic nitrogens is 1. The minimum atomic E-state index is -0.509. The molecule has 1 unspecified atom stereocenters. The zero-order chi connectivity index (χ0) is 19.7. The van der Waals surface area contributed by atoms with Crippen molar-refractivity contribution in [2.24, 2.45) is 0 Å². The van der Waals surface area contributed by atoms with Crippen molar-refractivity contribution in [2.75, 3.05) is 10.6 Å². The Bertz CT molecular complexity index is 1050. The molecular formula is C21H19N3O3S. The van der Waals surface area contributed by atoms with Crippen molar-refractivity contribution in [1.29, 1.82) is 0 Å². The number of carbonyl (C=O) groups excluding carboxylic acids is 2. The van der Waals surface area contributed by atoms with Gasteiger partial charge < -0.3 is 15.4 Å². The van der Waals surface area contributed by atoms with Gasteiger partial charge in [0.05, 0.1) is 17.8 Å². The first-order valence-corrected chi connectivity index (χ1v) is 9.74. The highest BCUT2D eigenvalue weighted by molar-refractivity contribution is 7.16. The highest BCUT2D eigenvalue weighted by Gasteiger charge is 2.24. The summed E-state index contributed by atoms with van der Waals surface area (Å²) in [7, 11) is 0. The average molecular weight is 393 g/mol. The van der Waals surface area contributed by atoms with E-state index in [1.54, 1.807) is 6.92 Å². The molecule has 28 heavy (non-hydrogen) atoms. The Morgan fingerprint density at radius 2 is 2.04 bits per heavy atom. The maximum Gasteiger partial charge on any atom is 0.265 e. The number of hydrogen-bond donors (Lipinski definition) is 2. The van der Waals surface area contributed by atoms with Crippen molar-refractivity contribution in [3.05, 3.63) is 59.0 Å². The molecule has 2 aromatic carbocycles. The Labute approximate surface area is 166 Å². The molecule has 4 rings (SSSR count). The molecule has 1 aromatic heterocycles. The van der Waals surface area contributed by atoms with E-state index in [-0.39, 0.29) is 11.8 Å². The molecule has 0 saturated carbocycles. The van der Waals surface area contributed by atoms with Crippen LogP contribution in [0.1, 0.15) is 17.4 Å². The predicted molar refractivity (Wildman–Crippen MR) is 110 cm³/mol. The van der Waals surface area contributed by atoms with Crippen molar-refractivity contribution >= 4 is 34.0 Å². The number of hydrogen-bond acceptors (Lipinski definition) is 5. The molecule has 0 aliphatic carbocycles. The van der Waals surface area contributed by atoms with E-state index in [1.165, 1.54) is 11.3 Å². The summed E-state index contributed by atoms with van der Waals surface area (Å²) in [5, 5.41) is 6.27. The van der Waals surface area contributed by atoms with Gasteiger partial charge >= 0.3 is 0 Å². The highest BCUT2D eigenvalue weighted by Crippen LogP contribution is 2.36. The molecule has 0 spiro atoms. The van der Waals surface area contributed by atoms with Crippen LogP contribution in [-0.2, 0) is 16.0 Å². The topological polar surface area (TPSA) is 80.3 Å². The summed E-state index contributed by atoms with van der Waals surface area (Å²) in [6, 6.07) is 15.2. The first-order valence-electron chi connectivity index (χ1n) is 8.93. The molecule has 2 amide bonds. The second-order valence-electron chi connectivity index (χ2n) is 6.59. The number of nitrogens with zero attached hydrogens (tertiary/aromatic N) is 1. The number of amides is 2. The van der Waals surface area contributed by atoms with E-state index >= 15 is 0 Å². The monoisotopic (exact) mass is 393 g/mol. The van der Waals surface area contributed by atoms with Gasteiger partial charge in [-0.2, -0.15) is 0 Å². The molecule has 0 bridgehead atoms. The third kappa shape index (κ3) is 3.75. The SMILES string of the molecule is Cc1sc(NC(=O)Cc2ccccc2)nc1-c1ccc2c(c1)NC(=O)C(C)O2. The fourth-order valence-electron chi connectivity index (χ4n) is 3.02. The van der Waals surface area contributed by atoms with Gasteiger partial charge in [0, 0.05) is 10.4 Å². The molecule has 3 aromatic rings. The number of rotatable bonds is 4. The van der Waals surface area contributed by atoms with Gasteiger partial charge in [-0.1, -0.05) is 30.3 Å². The zero-order valence-electron chi connectivity index (χ0n) is 15.5. The fourth-order valence-corrected chi connectivity index (χ4v) is 3.87. The van der Waals surface area contributed by atoms with Crippen LogP contribution >= 0.6 is 11.3 Å². The van der Waals surface area contributed by atoms with Crippen LogP contribution in [0.3, 0.4) is 0 Å². The van der Waals surface area contributed by atoms with Crippen LogP contribution in [0.5, 0.6) is 5.75 Å². The Balaban J connectivity index is 1.53. The lowest BCUT2D eigenvalue weighted by atomic mass is 10.1. The number of ether oxygens (including phenoxy) is 1. The minimum Gasteiger partial charge on any atom is -0.479 e. The Hall–Kier alpha value is -3.19. The first-order chi connectivity index (χ1) is 13.5. The fraction of sp³-hybridized carbons (Fsp3) is 0.190. The summed E-state index contributed by atoms with van der Waals surface area (Å²) in [5.41, 5.74) is 3.21. The van der Waals surface area contributed by atoms with Crippen LogP contribution < -0.4 is 15.4 Å². The molecule has 0 radical (unpaired) electrons. The molecule has 0 fully saturated rings. The van der Waals surface area contributed by atoms with Gasteiger partial charge in [0.25, 0.3) is 5.91 Å². The molecule has 2 heterocycles. The largest absolute Gasteiger partial charge is 0.479 e. The number of thiazole rings is 1. The lowest BCUT2D eigenvalue weighted by Crippen LogP contribution is -2.34. The molecule has 6 nitrogen and oxygen atoms in total. The van der Waals surface area contributed by atoms with Crippen LogP contribution in [0.25, 0.3) is 11.3 Å². The number of anilines is 2. The quantitative estimate of drug-likeness (QED) is 0.702. The second-order valence-corrected chi connectivity index (χ2v) is 7.80. The van der Waals surface area contributed by atoms with Gasteiger partial charge in [0.15, 0.2) is 11.2 Å². The Kier molecular flexibility index (Phi) is 4.83. The maximum absolute atomic E-state index is 12.3. The highest BCUT2D eigenvalue weighted by atomic mass is 32.1. The summed E-state index contributed by atoms with van der Waals surface area (Å²) >= 11 is 1.42. The molecule has 1 aliphatic heterocycles. The smallest absolute Gasteiger partial charge is 0.265 e. The zero-order valence-corrected chi connectivity index (χ0v) is 16.3. The number of nitrogens with one attached hydrogen (secondary N) is 2. The minimum absolute atomic E-state index is 0.105. The van der Waals surface area contributed by atoms with Crippen LogP contribution in [0.4, 0.5) is 10.8 Å². The van der Waals surface area contributed by atoms with Crippen molar-refractivity contribution in [3.8, 4) is 17.0 Å². The number of aryl methyl sites for hydroxylation is 1. The molecule has 142 valence electrons.